The summed E-state index contributed by atoms with van der Waals surface area (Å²) >= 11 is 1.24. The lowest BCUT2D eigenvalue weighted by Crippen LogP contribution is -2.48. The Morgan fingerprint density at radius 2 is 1.47 bits per heavy atom. The van der Waals surface area contributed by atoms with Gasteiger partial charge in [-0.25, -0.2) is 9.59 Å². The lowest BCUT2D eigenvalue weighted by Gasteiger charge is -2.34. The van der Waals surface area contributed by atoms with Gasteiger partial charge in [-0.2, -0.15) is 0 Å². The Labute approximate surface area is 207 Å². The maximum atomic E-state index is 12.8. The monoisotopic (exact) mass is 511 g/mol. The average Bonchev–Trinajstić information content (AvgIpc) is 3.17. The molecule has 184 valence electrons. The normalized spacial score (nSPS) is 16.5. The minimum absolute atomic E-state index is 0.0163. The third-order valence-corrected chi connectivity index (χ3v) is 6.49. The highest BCUT2D eigenvalue weighted by atomic mass is 32.2. The van der Waals surface area contributed by atoms with E-state index in [2.05, 4.69) is 0 Å². The van der Waals surface area contributed by atoms with E-state index in [1.165, 1.54) is 71.3 Å². The van der Waals surface area contributed by atoms with E-state index < -0.39 is 21.8 Å². The Hall–Kier alpha value is -4.52. The molecule has 12 nitrogen and oxygen atoms in total. The van der Waals surface area contributed by atoms with E-state index in [0.717, 1.165) is 6.08 Å². The molecule has 36 heavy (non-hydrogen) atoms. The van der Waals surface area contributed by atoms with Gasteiger partial charge in [0, 0.05) is 35.2 Å². The summed E-state index contributed by atoms with van der Waals surface area (Å²) in [5.41, 5.74) is 0.924. The van der Waals surface area contributed by atoms with Crippen LogP contribution in [0, 0.1) is 20.2 Å². The van der Waals surface area contributed by atoms with E-state index in [-0.39, 0.29) is 48.0 Å². The van der Waals surface area contributed by atoms with Gasteiger partial charge in [-0.1, -0.05) is 11.8 Å². The second-order valence-electron chi connectivity index (χ2n) is 7.62. The number of non-ortho nitro benzene ring substituents is 2. The zero-order valence-electron chi connectivity index (χ0n) is 18.4. The number of hydrogen-bond acceptors (Lipinski definition) is 10. The summed E-state index contributed by atoms with van der Waals surface area (Å²) in [5, 5.41) is 21.2. The van der Waals surface area contributed by atoms with Gasteiger partial charge >= 0.3 is 11.9 Å². The summed E-state index contributed by atoms with van der Waals surface area (Å²) in [5.74, 6) is -1.73. The van der Waals surface area contributed by atoms with E-state index >= 15 is 0 Å². The molecule has 1 fully saturated rings. The molecule has 0 aliphatic carbocycles. The minimum atomic E-state index is -0.768. The van der Waals surface area contributed by atoms with Crippen LogP contribution in [0.25, 0.3) is 0 Å². The third-order valence-electron chi connectivity index (χ3n) is 5.25. The molecule has 1 saturated heterocycles. The number of rotatable bonds is 9. The molecule has 0 unspecified atom stereocenters. The molecule has 2 aliphatic heterocycles. The smallest absolute Gasteiger partial charge is 0.356 e. The van der Waals surface area contributed by atoms with E-state index in [4.69, 9.17) is 9.47 Å². The van der Waals surface area contributed by atoms with Gasteiger partial charge in [0.05, 0.1) is 21.6 Å². The number of fused-ring (bicyclic) bond motifs is 1. The number of nitro groups is 2. The van der Waals surface area contributed by atoms with Gasteiger partial charge < -0.3 is 9.47 Å². The predicted octanol–water partition coefficient (Wildman–Crippen LogP) is 3.36. The molecule has 0 radical (unpaired) electrons. The van der Waals surface area contributed by atoms with E-state index in [9.17, 15) is 34.6 Å². The Morgan fingerprint density at radius 1 is 0.944 bits per heavy atom. The van der Waals surface area contributed by atoms with Crippen molar-refractivity contribution >= 4 is 41.0 Å². The van der Waals surface area contributed by atoms with Crippen LogP contribution in [0.2, 0.25) is 0 Å². The van der Waals surface area contributed by atoms with Crippen LogP contribution in [0.4, 0.5) is 11.4 Å². The van der Waals surface area contributed by atoms with Gasteiger partial charge in [0.1, 0.15) is 18.9 Å². The minimum Gasteiger partial charge on any atom is -0.458 e. The molecule has 2 aromatic carbocycles. The first-order chi connectivity index (χ1) is 17.2. The van der Waals surface area contributed by atoms with Crippen molar-refractivity contribution in [2.24, 2.45) is 0 Å². The molecule has 0 saturated carbocycles. The maximum Gasteiger partial charge on any atom is 0.356 e. The van der Waals surface area contributed by atoms with E-state index in [0.29, 0.717) is 16.0 Å². The van der Waals surface area contributed by atoms with Crippen molar-refractivity contribution in [3.63, 3.8) is 0 Å². The Bertz CT molecular complexity index is 1300. The number of benzene rings is 2. The zero-order chi connectivity index (χ0) is 25.8. The van der Waals surface area contributed by atoms with Crippen LogP contribution in [-0.2, 0) is 37.1 Å². The van der Waals surface area contributed by atoms with Crippen molar-refractivity contribution in [1.82, 2.24) is 4.90 Å². The number of allylic oxidation sites excluding steroid dienone is 1. The lowest BCUT2D eigenvalue weighted by atomic mass is 10.1. The second kappa shape index (κ2) is 10.4. The first-order valence-corrected chi connectivity index (χ1v) is 11.3. The standard InChI is InChI=1S/C23H17N3O9S/c27-19-11-20-24(19)22(23(29)35-13-15-3-7-17(8-4-15)26(32)33)18(36-20)9-10-21(28)34-12-14-1-5-16(6-2-14)25(30)31/h1-10,20H,11-13H2/t20-/m0/s1. The SMILES string of the molecule is O=C(C=CC1=C(C(=O)OCc2ccc([N+](=O)[O-])cc2)N2C(=O)C[C@@H]2S1)OCc1ccc([N+](=O)[O-])cc1. The molecule has 13 heteroatoms. The van der Waals surface area contributed by atoms with Crippen molar-refractivity contribution in [3.05, 3.63) is 103 Å². The van der Waals surface area contributed by atoms with Crippen LogP contribution in [0.15, 0.2) is 71.3 Å². The molecule has 1 amide bonds. The average molecular weight is 511 g/mol. The number of thioether (sulfide) groups is 1. The van der Waals surface area contributed by atoms with Crippen molar-refractivity contribution in [2.75, 3.05) is 0 Å². The molecular weight excluding hydrogens is 494 g/mol. The number of ether oxygens (including phenoxy) is 2. The van der Waals surface area contributed by atoms with Crippen LogP contribution in [0.5, 0.6) is 0 Å². The molecule has 2 aliphatic rings. The van der Waals surface area contributed by atoms with Gasteiger partial charge in [-0.15, -0.1) is 0 Å². The van der Waals surface area contributed by atoms with E-state index in [1.54, 1.807) is 0 Å². The Morgan fingerprint density at radius 3 is 1.97 bits per heavy atom. The number of carbonyl (C=O) groups is 3. The fraction of sp³-hybridized carbons (Fsp3) is 0.174. The van der Waals surface area contributed by atoms with Crippen LogP contribution in [0.3, 0.4) is 0 Å². The molecule has 1 atom stereocenters. The summed E-state index contributed by atoms with van der Waals surface area (Å²) < 4.78 is 10.4. The topological polar surface area (TPSA) is 159 Å². The van der Waals surface area contributed by atoms with Crippen molar-refractivity contribution in [1.29, 1.82) is 0 Å². The molecule has 0 aromatic heterocycles. The van der Waals surface area contributed by atoms with Gasteiger partial charge in [0.2, 0.25) is 5.91 Å². The summed E-state index contributed by atoms with van der Waals surface area (Å²) in [6.45, 7) is -0.267. The summed E-state index contributed by atoms with van der Waals surface area (Å²) in [4.78, 5) is 59.1. The quantitative estimate of drug-likeness (QED) is 0.161. The van der Waals surface area contributed by atoms with Crippen molar-refractivity contribution < 1.29 is 33.7 Å². The zero-order valence-corrected chi connectivity index (χ0v) is 19.2. The molecule has 2 heterocycles. The number of esters is 2. The highest BCUT2D eigenvalue weighted by molar-refractivity contribution is 8.04. The van der Waals surface area contributed by atoms with E-state index in [1.807, 2.05) is 0 Å². The first kappa shape index (κ1) is 24.6. The molecule has 0 spiro atoms. The van der Waals surface area contributed by atoms with Gasteiger partial charge in [0.25, 0.3) is 11.4 Å². The molecule has 4 rings (SSSR count). The largest absolute Gasteiger partial charge is 0.458 e. The van der Waals surface area contributed by atoms with Crippen molar-refractivity contribution in [2.45, 2.75) is 25.0 Å². The lowest BCUT2D eigenvalue weighted by molar-refractivity contribution is -0.385. The fourth-order valence-corrected chi connectivity index (χ4v) is 4.67. The van der Waals surface area contributed by atoms with Crippen LogP contribution < -0.4 is 0 Å². The number of β-lactam (4-membered cyclic amide) rings is 1. The molecule has 2 aromatic rings. The number of nitrogens with zero attached hydrogens (tertiary/aromatic N) is 3. The molecular formula is C23H17N3O9S. The first-order valence-electron chi connectivity index (χ1n) is 10.4. The Kier molecular flexibility index (Phi) is 7.10. The summed E-state index contributed by atoms with van der Waals surface area (Å²) in [6.07, 6.45) is 2.73. The molecule has 0 bridgehead atoms. The summed E-state index contributed by atoms with van der Waals surface area (Å²) in [7, 11) is 0. The Balaban J connectivity index is 1.39. The third kappa shape index (κ3) is 5.41. The van der Waals surface area contributed by atoms with Gasteiger partial charge in [-0.3, -0.25) is 29.9 Å². The van der Waals surface area contributed by atoms with Crippen LogP contribution in [-0.4, -0.2) is 38.0 Å². The van der Waals surface area contributed by atoms with Gasteiger partial charge in [0.15, 0.2) is 0 Å². The predicted molar refractivity (Wildman–Crippen MR) is 125 cm³/mol. The highest BCUT2D eigenvalue weighted by Gasteiger charge is 2.48. The van der Waals surface area contributed by atoms with Crippen LogP contribution >= 0.6 is 11.8 Å². The van der Waals surface area contributed by atoms with Crippen molar-refractivity contribution in [3.8, 4) is 0 Å². The number of nitro benzene ring substituents is 2. The molecule has 0 N–H and O–H groups in total. The maximum absolute atomic E-state index is 12.8. The summed E-state index contributed by atoms with van der Waals surface area (Å²) in [6, 6.07) is 11.0. The second-order valence-corrected chi connectivity index (χ2v) is 8.84. The number of hydrogen-bond donors (Lipinski definition) is 0. The fourth-order valence-electron chi connectivity index (χ4n) is 3.38. The number of carbonyl (C=O) groups excluding carboxylic acids is 3. The highest BCUT2D eigenvalue weighted by Crippen LogP contribution is 2.46. The van der Waals surface area contributed by atoms with Gasteiger partial charge in [-0.05, 0) is 41.5 Å². The number of amides is 1. The van der Waals surface area contributed by atoms with Crippen LogP contribution in [0.1, 0.15) is 17.5 Å².